The van der Waals surface area contributed by atoms with Crippen molar-refractivity contribution < 1.29 is 5.11 Å². The van der Waals surface area contributed by atoms with E-state index in [-0.39, 0.29) is 0 Å². The average molecular weight is 263 g/mol. The Kier molecular flexibility index (Phi) is 4.77. The summed E-state index contributed by atoms with van der Waals surface area (Å²) in [6.45, 7) is 7.37. The van der Waals surface area contributed by atoms with Crippen LogP contribution in [0.2, 0.25) is 0 Å². The van der Waals surface area contributed by atoms with Crippen LogP contribution >= 0.6 is 0 Å². The highest BCUT2D eigenvalue weighted by Crippen LogP contribution is 2.20. The maximum Gasteiger partial charge on any atom is 0.128 e. The molecule has 1 aromatic heterocycles. The minimum Gasteiger partial charge on any atom is -0.389 e. The van der Waals surface area contributed by atoms with Crippen molar-refractivity contribution in [3.05, 3.63) is 23.9 Å². The Bertz CT molecular complexity index is 391. The third-order valence-electron chi connectivity index (χ3n) is 4.03. The van der Waals surface area contributed by atoms with Gasteiger partial charge in [0.2, 0.25) is 0 Å². The Hall–Kier alpha value is -1.13. The van der Waals surface area contributed by atoms with E-state index >= 15 is 0 Å². The number of aromatic nitrogens is 1. The Balaban J connectivity index is 1.97. The van der Waals surface area contributed by atoms with Gasteiger partial charge in [0.1, 0.15) is 5.82 Å². The summed E-state index contributed by atoms with van der Waals surface area (Å²) in [5, 5.41) is 9.49. The van der Waals surface area contributed by atoms with Crippen molar-refractivity contribution in [1.82, 2.24) is 9.88 Å². The molecule has 0 aliphatic carbocycles. The number of nitrogens with zero attached hydrogens (tertiary/aromatic N) is 3. The molecule has 1 N–H and O–H groups in total. The van der Waals surface area contributed by atoms with E-state index in [1.54, 1.807) is 13.1 Å². The zero-order valence-corrected chi connectivity index (χ0v) is 12.2. The first kappa shape index (κ1) is 14.3. The summed E-state index contributed by atoms with van der Waals surface area (Å²) in [6.07, 6.45) is 3.91. The minimum atomic E-state index is -0.447. The van der Waals surface area contributed by atoms with E-state index in [0.29, 0.717) is 6.04 Å². The third kappa shape index (κ3) is 3.45. The molecule has 0 spiro atoms. The number of anilines is 1. The van der Waals surface area contributed by atoms with Crippen LogP contribution in [0.3, 0.4) is 0 Å². The van der Waals surface area contributed by atoms with Crippen molar-refractivity contribution in [1.29, 1.82) is 0 Å². The van der Waals surface area contributed by atoms with Crippen LogP contribution in [0.15, 0.2) is 18.3 Å². The quantitative estimate of drug-likeness (QED) is 0.882. The molecule has 1 saturated heterocycles. The Morgan fingerprint density at radius 3 is 2.89 bits per heavy atom. The Morgan fingerprint density at radius 1 is 1.53 bits per heavy atom. The number of pyridine rings is 1. The van der Waals surface area contributed by atoms with Gasteiger partial charge in [-0.05, 0) is 44.5 Å². The molecule has 4 nitrogen and oxygen atoms in total. The average Bonchev–Trinajstić information content (AvgIpc) is 2.86. The second-order valence-electron chi connectivity index (χ2n) is 5.43. The van der Waals surface area contributed by atoms with Crippen molar-refractivity contribution in [3.8, 4) is 0 Å². The second kappa shape index (κ2) is 6.35. The van der Waals surface area contributed by atoms with Gasteiger partial charge in [-0.1, -0.05) is 13.0 Å². The van der Waals surface area contributed by atoms with Gasteiger partial charge >= 0.3 is 0 Å². The summed E-state index contributed by atoms with van der Waals surface area (Å²) < 4.78 is 0. The van der Waals surface area contributed by atoms with Gasteiger partial charge in [0, 0.05) is 25.8 Å². The van der Waals surface area contributed by atoms with Crippen LogP contribution in [0.4, 0.5) is 5.82 Å². The molecular weight excluding hydrogens is 238 g/mol. The maximum atomic E-state index is 9.49. The molecule has 4 heteroatoms. The molecule has 1 fully saturated rings. The number of likely N-dealkylation sites (N-methyl/N-ethyl adjacent to an activating group) is 2. The maximum absolute atomic E-state index is 9.49. The molecule has 2 heterocycles. The zero-order chi connectivity index (χ0) is 13.8. The summed E-state index contributed by atoms with van der Waals surface area (Å²) in [5.41, 5.74) is 0.869. The SMILES string of the molecule is CCN1CCCC1CN(C)c1ccc(C(C)O)cn1. The van der Waals surface area contributed by atoms with Crippen LogP contribution in [0.25, 0.3) is 0 Å². The van der Waals surface area contributed by atoms with E-state index in [9.17, 15) is 5.11 Å². The fourth-order valence-corrected chi connectivity index (χ4v) is 2.80. The number of likely N-dealkylation sites (tertiary alicyclic amines) is 1. The van der Waals surface area contributed by atoms with Crippen molar-refractivity contribution in [2.45, 2.75) is 38.8 Å². The summed E-state index contributed by atoms with van der Waals surface area (Å²) in [7, 11) is 2.09. The molecule has 2 rings (SSSR count). The monoisotopic (exact) mass is 263 g/mol. The summed E-state index contributed by atoms with van der Waals surface area (Å²) in [6, 6.07) is 4.59. The molecule has 2 unspecified atom stereocenters. The number of hydrogen-bond donors (Lipinski definition) is 1. The van der Waals surface area contributed by atoms with Crippen LogP contribution in [0, 0.1) is 0 Å². The molecule has 0 amide bonds. The Morgan fingerprint density at radius 2 is 2.32 bits per heavy atom. The lowest BCUT2D eigenvalue weighted by Crippen LogP contribution is -2.39. The lowest BCUT2D eigenvalue weighted by atomic mass is 10.2. The molecule has 106 valence electrons. The molecule has 0 saturated carbocycles. The molecule has 19 heavy (non-hydrogen) atoms. The highest BCUT2D eigenvalue weighted by atomic mass is 16.3. The first-order valence-electron chi connectivity index (χ1n) is 7.21. The zero-order valence-electron chi connectivity index (χ0n) is 12.2. The summed E-state index contributed by atoms with van der Waals surface area (Å²) >= 11 is 0. The first-order valence-corrected chi connectivity index (χ1v) is 7.21. The van der Waals surface area contributed by atoms with Crippen molar-refractivity contribution in [3.63, 3.8) is 0 Å². The van der Waals surface area contributed by atoms with Crippen molar-refractivity contribution in [2.75, 3.05) is 31.6 Å². The van der Waals surface area contributed by atoms with Crippen molar-refractivity contribution >= 4 is 5.82 Å². The molecule has 2 atom stereocenters. The molecule has 0 radical (unpaired) electrons. The fourth-order valence-electron chi connectivity index (χ4n) is 2.80. The van der Waals surface area contributed by atoms with Crippen LogP contribution in [-0.4, -0.2) is 47.7 Å². The van der Waals surface area contributed by atoms with E-state index in [1.807, 2.05) is 12.1 Å². The standard InChI is InChI=1S/C15H25N3O/c1-4-18-9-5-6-14(18)11-17(3)15-8-7-13(10-16-15)12(2)19/h7-8,10,12,14,19H,4-6,9,11H2,1-3H3. The highest BCUT2D eigenvalue weighted by Gasteiger charge is 2.24. The van der Waals surface area contributed by atoms with E-state index in [4.69, 9.17) is 0 Å². The van der Waals surface area contributed by atoms with Gasteiger partial charge in [-0.2, -0.15) is 0 Å². The predicted molar refractivity (Wildman–Crippen MR) is 78.4 cm³/mol. The van der Waals surface area contributed by atoms with E-state index in [2.05, 4.69) is 28.8 Å². The topological polar surface area (TPSA) is 39.6 Å². The van der Waals surface area contributed by atoms with E-state index in [1.165, 1.54) is 19.4 Å². The van der Waals surface area contributed by atoms with Gasteiger partial charge in [-0.25, -0.2) is 4.98 Å². The molecule has 0 aromatic carbocycles. The van der Waals surface area contributed by atoms with Crippen molar-refractivity contribution in [2.24, 2.45) is 0 Å². The van der Waals surface area contributed by atoms with Gasteiger partial charge in [0.05, 0.1) is 6.10 Å². The molecule has 0 bridgehead atoms. The first-order chi connectivity index (χ1) is 9.11. The lowest BCUT2D eigenvalue weighted by Gasteiger charge is -2.28. The van der Waals surface area contributed by atoms with E-state index in [0.717, 1.165) is 24.5 Å². The third-order valence-corrected chi connectivity index (χ3v) is 4.03. The normalized spacial score (nSPS) is 21.6. The smallest absolute Gasteiger partial charge is 0.128 e. The van der Waals surface area contributed by atoms with Gasteiger partial charge in [0.15, 0.2) is 0 Å². The largest absolute Gasteiger partial charge is 0.389 e. The van der Waals surface area contributed by atoms with E-state index < -0.39 is 6.10 Å². The lowest BCUT2D eigenvalue weighted by molar-refractivity contribution is 0.199. The van der Waals surface area contributed by atoms with Crippen LogP contribution in [0.1, 0.15) is 38.4 Å². The van der Waals surface area contributed by atoms with Crippen LogP contribution in [0.5, 0.6) is 0 Å². The van der Waals surface area contributed by atoms with Gasteiger partial charge in [-0.15, -0.1) is 0 Å². The Labute approximate surface area is 116 Å². The van der Waals surface area contributed by atoms with Gasteiger partial charge < -0.3 is 10.0 Å². The molecular formula is C15H25N3O. The van der Waals surface area contributed by atoms with Gasteiger partial charge in [-0.3, -0.25) is 4.90 Å². The number of rotatable bonds is 5. The van der Waals surface area contributed by atoms with Crippen LogP contribution < -0.4 is 4.90 Å². The number of aliphatic hydroxyl groups excluding tert-OH is 1. The second-order valence-corrected chi connectivity index (χ2v) is 5.43. The molecule has 1 aliphatic heterocycles. The highest BCUT2D eigenvalue weighted by molar-refractivity contribution is 5.38. The number of aliphatic hydroxyl groups is 1. The summed E-state index contributed by atoms with van der Waals surface area (Å²) in [5.74, 6) is 0.979. The van der Waals surface area contributed by atoms with Gasteiger partial charge in [0.25, 0.3) is 0 Å². The molecule has 1 aliphatic rings. The number of hydrogen-bond acceptors (Lipinski definition) is 4. The summed E-state index contributed by atoms with van der Waals surface area (Å²) in [4.78, 5) is 9.20. The predicted octanol–water partition coefficient (Wildman–Crippen LogP) is 2.06. The molecule has 1 aromatic rings. The minimum absolute atomic E-state index is 0.447. The van der Waals surface area contributed by atoms with Crippen LogP contribution in [-0.2, 0) is 0 Å². The fraction of sp³-hybridized carbons (Fsp3) is 0.667.